The number of nitrogens with one attached hydrogen (secondary N) is 1. The maximum atomic E-state index is 12.9. The third-order valence-corrected chi connectivity index (χ3v) is 7.64. The normalized spacial score (nSPS) is 19.4. The van der Waals surface area contributed by atoms with E-state index in [1.807, 2.05) is 37.3 Å². The van der Waals surface area contributed by atoms with Crippen molar-refractivity contribution in [2.24, 2.45) is 0 Å². The van der Waals surface area contributed by atoms with Crippen molar-refractivity contribution in [1.29, 1.82) is 0 Å². The third-order valence-electron chi connectivity index (χ3n) is 4.81. The number of carbonyl (C=O) groups excluding carboxylic acids is 1. The Labute approximate surface area is 168 Å². The SMILES string of the molecule is CCN(C(=O)C(C)Sc1n[nH]c(=O)n1Cc1ccccc1)C1CCS(=O)(=O)C1. The highest BCUT2D eigenvalue weighted by Crippen LogP contribution is 2.25. The van der Waals surface area contributed by atoms with Crippen LogP contribution in [0.3, 0.4) is 0 Å². The van der Waals surface area contributed by atoms with Crippen LogP contribution in [0.25, 0.3) is 0 Å². The molecule has 1 aromatic carbocycles. The van der Waals surface area contributed by atoms with Crippen molar-refractivity contribution < 1.29 is 13.2 Å². The minimum atomic E-state index is -3.07. The summed E-state index contributed by atoms with van der Waals surface area (Å²) < 4.78 is 25.0. The molecule has 0 aliphatic carbocycles. The Balaban J connectivity index is 1.73. The molecular weight excluding hydrogens is 400 g/mol. The van der Waals surface area contributed by atoms with Gasteiger partial charge in [0.05, 0.1) is 23.3 Å². The van der Waals surface area contributed by atoms with Crippen LogP contribution in [0.2, 0.25) is 0 Å². The second-order valence-electron chi connectivity index (χ2n) is 6.82. The van der Waals surface area contributed by atoms with Crippen LogP contribution < -0.4 is 5.69 Å². The summed E-state index contributed by atoms with van der Waals surface area (Å²) in [5.74, 6) is 0.000592. The summed E-state index contributed by atoms with van der Waals surface area (Å²) in [4.78, 5) is 26.7. The van der Waals surface area contributed by atoms with Crippen LogP contribution in [0.1, 0.15) is 25.8 Å². The lowest BCUT2D eigenvalue weighted by Gasteiger charge is -2.29. The van der Waals surface area contributed by atoms with Gasteiger partial charge in [0, 0.05) is 12.6 Å². The summed E-state index contributed by atoms with van der Waals surface area (Å²) in [6, 6.07) is 9.25. The number of sulfone groups is 1. The van der Waals surface area contributed by atoms with Crippen molar-refractivity contribution >= 4 is 27.5 Å². The lowest BCUT2D eigenvalue weighted by molar-refractivity contribution is -0.131. The molecule has 2 aromatic rings. The van der Waals surface area contributed by atoms with Gasteiger partial charge in [0.1, 0.15) is 0 Å². The molecule has 2 atom stereocenters. The van der Waals surface area contributed by atoms with Crippen molar-refractivity contribution in [2.45, 2.75) is 43.3 Å². The van der Waals surface area contributed by atoms with E-state index in [2.05, 4.69) is 10.2 Å². The molecule has 1 aliphatic rings. The summed E-state index contributed by atoms with van der Waals surface area (Å²) in [6.07, 6.45) is 0.473. The number of aromatic nitrogens is 3. The van der Waals surface area contributed by atoms with Crippen LogP contribution >= 0.6 is 11.8 Å². The highest BCUT2D eigenvalue weighted by Gasteiger charge is 2.35. The Bertz CT molecular complexity index is 985. The van der Waals surface area contributed by atoms with Crippen molar-refractivity contribution in [3.63, 3.8) is 0 Å². The topological polar surface area (TPSA) is 105 Å². The van der Waals surface area contributed by atoms with E-state index in [-0.39, 0.29) is 29.1 Å². The second-order valence-corrected chi connectivity index (χ2v) is 10.4. The maximum absolute atomic E-state index is 12.9. The highest BCUT2D eigenvalue weighted by atomic mass is 32.2. The molecule has 28 heavy (non-hydrogen) atoms. The van der Waals surface area contributed by atoms with Crippen molar-refractivity contribution in [3.05, 3.63) is 46.4 Å². The molecule has 8 nitrogen and oxygen atoms in total. The molecule has 1 fully saturated rings. The molecular formula is C18H24N4O4S2. The van der Waals surface area contributed by atoms with Gasteiger partial charge in [-0.1, -0.05) is 42.1 Å². The Morgan fingerprint density at radius 3 is 2.71 bits per heavy atom. The van der Waals surface area contributed by atoms with Crippen LogP contribution in [0.15, 0.2) is 40.3 Å². The van der Waals surface area contributed by atoms with Gasteiger partial charge in [-0.3, -0.25) is 9.36 Å². The van der Waals surface area contributed by atoms with Gasteiger partial charge in [-0.2, -0.15) is 0 Å². The Hall–Kier alpha value is -2.07. The van der Waals surface area contributed by atoms with Crippen LogP contribution in [-0.4, -0.2) is 63.3 Å². The van der Waals surface area contributed by atoms with Crippen LogP contribution in [0.4, 0.5) is 0 Å². The van der Waals surface area contributed by atoms with Gasteiger partial charge in [0.15, 0.2) is 15.0 Å². The summed E-state index contributed by atoms with van der Waals surface area (Å²) in [6.45, 7) is 4.41. The third kappa shape index (κ3) is 4.67. The number of aromatic amines is 1. The summed E-state index contributed by atoms with van der Waals surface area (Å²) in [5.41, 5.74) is 0.624. The van der Waals surface area contributed by atoms with E-state index in [1.165, 1.54) is 16.3 Å². The highest BCUT2D eigenvalue weighted by molar-refractivity contribution is 8.00. The molecule has 0 radical (unpaired) electrons. The maximum Gasteiger partial charge on any atom is 0.344 e. The van der Waals surface area contributed by atoms with Gasteiger partial charge in [0.2, 0.25) is 5.91 Å². The lowest BCUT2D eigenvalue weighted by Crippen LogP contribution is -2.44. The Morgan fingerprint density at radius 1 is 1.39 bits per heavy atom. The minimum Gasteiger partial charge on any atom is -0.338 e. The molecule has 152 valence electrons. The molecule has 1 saturated heterocycles. The Kier molecular flexibility index (Phi) is 6.29. The average Bonchev–Trinajstić information content (AvgIpc) is 3.19. The molecule has 0 bridgehead atoms. The molecule has 2 unspecified atom stereocenters. The second kappa shape index (κ2) is 8.52. The predicted octanol–water partition coefficient (Wildman–Crippen LogP) is 1.14. The first kappa shape index (κ1) is 20.7. The predicted molar refractivity (Wildman–Crippen MR) is 108 cm³/mol. The zero-order chi connectivity index (χ0) is 20.3. The molecule has 0 spiro atoms. The first-order chi connectivity index (χ1) is 13.3. The number of amides is 1. The lowest BCUT2D eigenvalue weighted by atomic mass is 10.2. The van der Waals surface area contributed by atoms with Crippen molar-refractivity contribution in [1.82, 2.24) is 19.7 Å². The van der Waals surface area contributed by atoms with E-state index in [0.717, 1.165) is 5.56 Å². The van der Waals surface area contributed by atoms with Gasteiger partial charge in [-0.25, -0.2) is 18.3 Å². The largest absolute Gasteiger partial charge is 0.344 e. The van der Waals surface area contributed by atoms with Gasteiger partial charge >= 0.3 is 5.69 Å². The van der Waals surface area contributed by atoms with Gasteiger partial charge in [-0.15, -0.1) is 5.10 Å². The van der Waals surface area contributed by atoms with E-state index < -0.39 is 15.1 Å². The summed E-state index contributed by atoms with van der Waals surface area (Å²) in [7, 11) is -3.07. The van der Waals surface area contributed by atoms with Crippen LogP contribution in [0.5, 0.6) is 0 Å². The van der Waals surface area contributed by atoms with E-state index in [0.29, 0.717) is 24.7 Å². The zero-order valence-electron chi connectivity index (χ0n) is 15.9. The molecule has 0 saturated carbocycles. The van der Waals surface area contributed by atoms with Gasteiger partial charge in [0.25, 0.3) is 0 Å². The zero-order valence-corrected chi connectivity index (χ0v) is 17.5. The monoisotopic (exact) mass is 424 g/mol. The fourth-order valence-electron chi connectivity index (χ4n) is 3.36. The quantitative estimate of drug-likeness (QED) is 0.668. The van der Waals surface area contributed by atoms with Gasteiger partial charge < -0.3 is 4.90 Å². The number of benzene rings is 1. The fourth-order valence-corrected chi connectivity index (χ4v) is 6.01. The van der Waals surface area contributed by atoms with E-state index in [9.17, 15) is 18.0 Å². The van der Waals surface area contributed by atoms with Crippen molar-refractivity contribution in [2.75, 3.05) is 18.1 Å². The smallest absolute Gasteiger partial charge is 0.338 e. The molecule has 10 heteroatoms. The van der Waals surface area contributed by atoms with Crippen molar-refractivity contribution in [3.8, 4) is 0 Å². The number of rotatable bonds is 7. The van der Waals surface area contributed by atoms with Crippen LogP contribution in [0, 0.1) is 0 Å². The number of nitrogens with zero attached hydrogens (tertiary/aromatic N) is 3. The first-order valence-electron chi connectivity index (χ1n) is 9.17. The first-order valence-corrected chi connectivity index (χ1v) is 11.9. The van der Waals surface area contributed by atoms with E-state index in [4.69, 9.17) is 0 Å². The minimum absolute atomic E-state index is 0.0189. The number of carbonyl (C=O) groups is 1. The summed E-state index contributed by atoms with van der Waals surface area (Å²) >= 11 is 1.20. The fraction of sp³-hybridized carbons (Fsp3) is 0.500. The standard InChI is InChI=1S/C18H24N4O4S2/c1-3-21(15-9-10-28(25,26)12-15)16(23)13(2)27-18-20-19-17(24)22(18)11-14-7-5-4-6-8-14/h4-8,13,15H,3,9-12H2,1-2H3,(H,19,24). The van der Waals surface area contributed by atoms with E-state index >= 15 is 0 Å². The van der Waals surface area contributed by atoms with Gasteiger partial charge in [-0.05, 0) is 25.8 Å². The summed E-state index contributed by atoms with van der Waals surface area (Å²) in [5, 5.41) is 6.45. The molecule has 2 heterocycles. The number of hydrogen-bond acceptors (Lipinski definition) is 6. The molecule has 1 N–H and O–H groups in total. The van der Waals surface area contributed by atoms with Crippen LogP contribution in [-0.2, 0) is 21.2 Å². The van der Waals surface area contributed by atoms with E-state index in [1.54, 1.807) is 11.8 Å². The number of thioether (sulfide) groups is 1. The molecule has 1 amide bonds. The molecule has 1 aliphatic heterocycles. The molecule has 1 aromatic heterocycles. The molecule has 3 rings (SSSR count). The number of H-pyrrole nitrogens is 1. The Morgan fingerprint density at radius 2 is 2.11 bits per heavy atom. The average molecular weight is 425 g/mol. The number of hydrogen-bond donors (Lipinski definition) is 1.